The molecule has 2 saturated heterocycles. The monoisotopic (exact) mass is 393 g/mol. The van der Waals surface area contributed by atoms with Gasteiger partial charge in [-0.15, -0.1) is 0 Å². The summed E-state index contributed by atoms with van der Waals surface area (Å²) in [6.45, 7) is 1.83. The van der Waals surface area contributed by atoms with Gasteiger partial charge in [-0.25, -0.2) is 9.59 Å². The Balaban J connectivity index is 1.20. The zero-order valence-electron chi connectivity index (χ0n) is 16.0. The third-order valence-electron chi connectivity index (χ3n) is 6.45. The molecule has 5 rings (SSSR count). The Kier molecular flexibility index (Phi) is 4.32. The second kappa shape index (κ2) is 6.88. The lowest BCUT2D eigenvalue weighted by atomic mass is 9.74. The number of ether oxygens (including phenoxy) is 2. The van der Waals surface area contributed by atoms with E-state index in [0.717, 1.165) is 6.42 Å². The van der Waals surface area contributed by atoms with E-state index >= 15 is 0 Å². The molecule has 2 aromatic carbocycles. The summed E-state index contributed by atoms with van der Waals surface area (Å²) in [4.78, 5) is 25.3. The topological polar surface area (TPSA) is 76.1 Å². The number of carboxylic acids is 1. The molecule has 0 aromatic heterocycles. The van der Waals surface area contributed by atoms with E-state index in [-0.39, 0.29) is 17.4 Å². The molecule has 1 unspecified atom stereocenters. The summed E-state index contributed by atoms with van der Waals surface area (Å²) in [6, 6.07) is 16.5. The maximum absolute atomic E-state index is 12.6. The minimum absolute atomic E-state index is 0.0518. The Morgan fingerprint density at radius 1 is 1.07 bits per heavy atom. The van der Waals surface area contributed by atoms with Crippen LogP contribution in [0.3, 0.4) is 0 Å². The number of benzene rings is 2. The average Bonchev–Trinajstić information content (AvgIpc) is 3.04. The summed E-state index contributed by atoms with van der Waals surface area (Å²) >= 11 is 0. The Morgan fingerprint density at radius 3 is 2.24 bits per heavy atom. The zero-order valence-corrected chi connectivity index (χ0v) is 16.0. The zero-order chi connectivity index (χ0) is 20.0. The van der Waals surface area contributed by atoms with E-state index in [2.05, 4.69) is 24.3 Å². The molecule has 0 saturated carbocycles. The number of carbonyl (C=O) groups excluding carboxylic acids is 1. The van der Waals surface area contributed by atoms with Gasteiger partial charge in [-0.2, -0.15) is 0 Å². The fourth-order valence-corrected chi connectivity index (χ4v) is 4.89. The van der Waals surface area contributed by atoms with Crippen LogP contribution in [0.15, 0.2) is 48.5 Å². The molecule has 1 spiro atoms. The number of aliphatic carboxylic acids is 1. The van der Waals surface area contributed by atoms with Gasteiger partial charge < -0.3 is 19.5 Å². The first kappa shape index (κ1) is 18.2. The Morgan fingerprint density at radius 2 is 1.69 bits per heavy atom. The number of hydrogen-bond acceptors (Lipinski definition) is 4. The molecule has 1 aliphatic carbocycles. The second-order valence-electron chi connectivity index (χ2n) is 8.34. The molecule has 1 atom stereocenters. The Hall–Kier alpha value is -2.86. The number of amides is 1. The van der Waals surface area contributed by atoms with Crippen LogP contribution >= 0.6 is 0 Å². The number of likely N-dealkylation sites (tertiary alicyclic amines) is 1. The summed E-state index contributed by atoms with van der Waals surface area (Å²) in [7, 11) is 0. The fraction of sp³-hybridized carbons (Fsp3) is 0.391. The van der Waals surface area contributed by atoms with E-state index in [1.165, 1.54) is 22.3 Å². The van der Waals surface area contributed by atoms with Crippen LogP contribution < -0.4 is 0 Å². The van der Waals surface area contributed by atoms with Crippen molar-refractivity contribution >= 4 is 12.1 Å². The second-order valence-corrected chi connectivity index (χ2v) is 8.34. The minimum atomic E-state index is -0.910. The largest absolute Gasteiger partial charge is 0.479 e. The van der Waals surface area contributed by atoms with Gasteiger partial charge in [-0.3, -0.25) is 0 Å². The number of carboxylic acid groups (broad SMARTS) is 1. The summed E-state index contributed by atoms with van der Waals surface area (Å²) in [6.07, 6.45) is 0.229. The molecule has 6 heteroatoms. The Bertz CT molecular complexity index is 910. The summed E-state index contributed by atoms with van der Waals surface area (Å²) < 4.78 is 11.2. The first-order valence-corrected chi connectivity index (χ1v) is 10.0. The molecule has 0 radical (unpaired) electrons. The molecule has 1 N–H and O–H groups in total. The van der Waals surface area contributed by atoms with Crippen molar-refractivity contribution in [3.8, 4) is 11.1 Å². The highest BCUT2D eigenvalue weighted by atomic mass is 16.6. The van der Waals surface area contributed by atoms with Gasteiger partial charge in [0.25, 0.3) is 0 Å². The molecule has 150 valence electrons. The smallest absolute Gasteiger partial charge is 0.409 e. The van der Waals surface area contributed by atoms with E-state index in [0.29, 0.717) is 32.7 Å². The molecule has 2 aromatic rings. The average molecular weight is 393 g/mol. The number of fused-ring (bicyclic) bond motifs is 3. The van der Waals surface area contributed by atoms with Crippen LogP contribution in [0.1, 0.15) is 29.9 Å². The predicted octanol–water partition coefficient (Wildman–Crippen LogP) is 3.50. The van der Waals surface area contributed by atoms with Crippen molar-refractivity contribution in [3.63, 3.8) is 0 Å². The van der Waals surface area contributed by atoms with Gasteiger partial charge in [0.2, 0.25) is 0 Å². The minimum Gasteiger partial charge on any atom is -0.479 e. The summed E-state index contributed by atoms with van der Waals surface area (Å²) in [5.74, 6) is -0.858. The van der Waals surface area contributed by atoms with Gasteiger partial charge in [-0.05, 0) is 35.1 Å². The fourth-order valence-electron chi connectivity index (χ4n) is 4.89. The standard InChI is InChI=1S/C23H23NO5/c25-21(26)20-9-10-23(14-29-20)12-24(13-23)22(27)28-11-19-17-7-3-1-5-15(17)16-6-2-4-8-18(16)19/h1-8,19-20H,9-14H2,(H,25,26). The summed E-state index contributed by atoms with van der Waals surface area (Å²) in [5.41, 5.74) is 4.69. The van der Waals surface area contributed by atoms with Crippen LogP contribution in [0.5, 0.6) is 0 Å². The first-order valence-electron chi connectivity index (χ1n) is 10.0. The lowest BCUT2D eigenvalue weighted by molar-refractivity contribution is -0.168. The Labute approximate surface area is 169 Å². The highest BCUT2D eigenvalue weighted by molar-refractivity contribution is 5.79. The molecule has 2 fully saturated rings. The number of rotatable bonds is 3. The normalized spacial score (nSPS) is 21.9. The van der Waals surface area contributed by atoms with Crippen molar-refractivity contribution in [3.05, 3.63) is 59.7 Å². The molecule has 0 bridgehead atoms. The third-order valence-corrected chi connectivity index (χ3v) is 6.45. The van der Waals surface area contributed by atoms with Crippen LogP contribution in [-0.4, -0.2) is 54.5 Å². The van der Waals surface area contributed by atoms with Crippen LogP contribution in [0.2, 0.25) is 0 Å². The van der Waals surface area contributed by atoms with E-state index in [9.17, 15) is 9.59 Å². The van der Waals surface area contributed by atoms with Crippen molar-refractivity contribution in [2.75, 3.05) is 26.3 Å². The SMILES string of the molecule is O=C(O)C1CCC2(CO1)CN(C(=O)OCC1c3ccccc3-c3ccccc31)C2. The summed E-state index contributed by atoms with van der Waals surface area (Å²) in [5, 5.41) is 9.04. The van der Waals surface area contributed by atoms with Crippen LogP contribution in [0.4, 0.5) is 4.79 Å². The molecule has 1 amide bonds. The van der Waals surface area contributed by atoms with Crippen LogP contribution in [-0.2, 0) is 14.3 Å². The molecule has 2 aliphatic heterocycles. The highest BCUT2D eigenvalue weighted by Gasteiger charge is 2.49. The maximum Gasteiger partial charge on any atom is 0.409 e. The van der Waals surface area contributed by atoms with E-state index < -0.39 is 12.1 Å². The van der Waals surface area contributed by atoms with E-state index in [4.69, 9.17) is 14.6 Å². The van der Waals surface area contributed by atoms with Gasteiger partial charge in [0.15, 0.2) is 6.10 Å². The molecule has 2 heterocycles. The lowest BCUT2D eigenvalue weighted by Crippen LogP contribution is -2.62. The first-order chi connectivity index (χ1) is 14.1. The van der Waals surface area contributed by atoms with Crippen molar-refractivity contribution in [2.45, 2.75) is 24.9 Å². The molecule has 29 heavy (non-hydrogen) atoms. The molecular formula is C23H23NO5. The number of carbonyl (C=O) groups is 2. The van der Waals surface area contributed by atoms with Crippen LogP contribution in [0.25, 0.3) is 11.1 Å². The highest BCUT2D eigenvalue weighted by Crippen LogP contribution is 2.45. The quantitative estimate of drug-likeness (QED) is 0.864. The predicted molar refractivity (Wildman–Crippen MR) is 106 cm³/mol. The van der Waals surface area contributed by atoms with E-state index in [1.807, 2.05) is 24.3 Å². The number of nitrogens with zero attached hydrogens (tertiary/aromatic N) is 1. The maximum atomic E-state index is 12.6. The van der Waals surface area contributed by atoms with Gasteiger partial charge in [-0.1, -0.05) is 48.5 Å². The molecular weight excluding hydrogens is 370 g/mol. The van der Waals surface area contributed by atoms with Gasteiger partial charge in [0.1, 0.15) is 6.61 Å². The van der Waals surface area contributed by atoms with Gasteiger partial charge in [0.05, 0.1) is 6.61 Å². The lowest BCUT2D eigenvalue weighted by Gasteiger charge is -2.51. The third kappa shape index (κ3) is 3.08. The molecule has 6 nitrogen and oxygen atoms in total. The van der Waals surface area contributed by atoms with E-state index in [1.54, 1.807) is 4.90 Å². The van der Waals surface area contributed by atoms with Crippen molar-refractivity contribution < 1.29 is 24.2 Å². The van der Waals surface area contributed by atoms with Crippen molar-refractivity contribution in [2.24, 2.45) is 5.41 Å². The number of hydrogen-bond donors (Lipinski definition) is 1. The van der Waals surface area contributed by atoms with Crippen LogP contribution in [0, 0.1) is 5.41 Å². The van der Waals surface area contributed by atoms with Gasteiger partial charge in [0, 0.05) is 24.4 Å². The van der Waals surface area contributed by atoms with Crippen molar-refractivity contribution in [1.82, 2.24) is 4.90 Å². The van der Waals surface area contributed by atoms with Crippen molar-refractivity contribution in [1.29, 1.82) is 0 Å². The molecule has 3 aliphatic rings. The van der Waals surface area contributed by atoms with Gasteiger partial charge >= 0.3 is 12.1 Å².